The van der Waals surface area contributed by atoms with E-state index in [0.29, 0.717) is 16.0 Å². The lowest BCUT2D eigenvalue weighted by molar-refractivity contribution is 0.103. The predicted molar refractivity (Wildman–Crippen MR) is 84.3 cm³/mol. The van der Waals surface area contributed by atoms with Gasteiger partial charge in [0.2, 0.25) is 5.95 Å². The third-order valence-corrected chi connectivity index (χ3v) is 5.20. The zero-order chi connectivity index (χ0) is 14.4. The number of rotatable bonds is 2. The fourth-order valence-corrected chi connectivity index (χ4v) is 4.12. The first-order valence-electron chi connectivity index (χ1n) is 5.86. The van der Waals surface area contributed by atoms with Crippen LogP contribution in [-0.2, 0) is 0 Å². The summed E-state index contributed by atoms with van der Waals surface area (Å²) in [4.78, 5) is 27.9. The molecule has 6 nitrogen and oxygen atoms in total. The lowest BCUT2D eigenvalue weighted by Gasteiger charge is -2.02. The normalized spacial score (nSPS) is 11.3. The van der Waals surface area contributed by atoms with Gasteiger partial charge in [-0.2, -0.15) is 9.97 Å². The Balaban J connectivity index is 1.67. The van der Waals surface area contributed by atoms with E-state index < -0.39 is 0 Å². The van der Waals surface area contributed by atoms with Crippen molar-refractivity contribution < 1.29 is 4.79 Å². The Bertz CT molecular complexity index is 944. The molecule has 0 spiro atoms. The highest BCUT2D eigenvalue weighted by Crippen LogP contribution is 2.30. The zero-order valence-corrected chi connectivity index (χ0v) is 12.6. The highest BCUT2D eigenvalue weighted by molar-refractivity contribution is 7.27. The molecule has 0 fully saturated rings. The van der Waals surface area contributed by atoms with Crippen LogP contribution < -0.4 is 5.32 Å². The van der Waals surface area contributed by atoms with E-state index in [1.807, 2.05) is 17.5 Å². The van der Waals surface area contributed by atoms with Gasteiger partial charge in [0.05, 0.1) is 11.2 Å². The van der Waals surface area contributed by atoms with Crippen molar-refractivity contribution in [1.82, 2.24) is 19.9 Å². The Hall–Kier alpha value is -2.03. The largest absolute Gasteiger partial charge is 0.341 e. The van der Waals surface area contributed by atoms with Crippen LogP contribution in [-0.4, -0.2) is 25.8 Å². The molecule has 1 amide bonds. The SMILES string of the molecule is O=C(Nc1nc(Cl)c2[nH]cnc2n1)c1cc2sccc2s1. The molecule has 2 N–H and O–H groups in total. The summed E-state index contributed by atoms with van der Waals surface area (Å²) in [5.74, 6) is -0.115. The van der Waals surface area contributed by atoms with E-state index in [9.17, 15) is 4.79 Å². The predicted octanol–water partition coefficient (Wildman–Crippen LogP) is 3.53. The number of halogens is 1. The number of H-pyrrole nitrogens is 1. The lowest BCUT2D eigenvalue weighted by atomic mass is 10.4. The van der Waals surface area contributed by atoms with E-state index in [1.54, 1.807) is 11.3 Å². The molecular weight excluding hydrogens is 330 g/mol. The second-order valence-electron chi connectivity index (χ2n) is 4.15. The summed E-state index contributed by atoms with van der Waals surface area (Å²) in [5.41, 5.74) is 0.962. The Morgan fingerprint density at radius 3 is 3.10 bits per heavy atom. The molecule has 0 saturated heterocycles. The van der Waals surface area contributed by atoms with Crippen molar-refractivity contribution in [3.05, 3.63) is 33.9 Å². The lowest BCUT2D eigenvalue weighted by Crippen LogP contribution is -2.13. The Labute approximate surface area is 130 Å². The van der Waals surface area contributed by atoms with Crippen molar-refractivity contribution in [3.8, 4) is 0 Å². The Morgan fingerprint density at radius 1 is 1.33 bits per heavy atom. The van der Waals surface area contributed by atoms with Gasteiger partial charge in [0.1, 0.15) is 5.52 Å². The number of imidazole rings is 1. The molecule has 9 heteroatoms. The van der Waals surface area contributed by atoms with Gasteiger partial charge >= 0.3 is 0 Å². The summed E-state index contributed by atoms with van der Waals surface area (Å²) in [6, 6.07) is 3.85. The number of nitrogens with zero attached hydrogens (tertiary/aromatic N) is 3. The van der Waals surface area contributed by atoms with Crippen LogP contribution in [0, 0.1) is 0 Å². The summed E-state index contributed by atoms with van der Waals surface area (Å²) < 4.78 is 2.18. The molecular formula is C12H6ClN5OS2. The van der Waals surface area contributed by atoms with Crippen LogP contribution in [0.2, 0.25) is 5.15 Å². The first-order chi connectivity index (χ1) is 10.2. The molecule has 0 saturated carbocycles. The summed E-state index contributed by atoms with van der Waals surface area (Å²) >= 11 is 9.04. The van der Waals surface area contributed by atoms with Crippen LogP contribution >= 0.6 is 34.3 Å². The first kappa shape index (κ1) is 12.7. The smallest absolute Gasteiger partial charge is 0.268 e. The fourth-order valence-electron chi connectivity index (χ4n) is 1.89. The molecule has 4 aromatic heterocycles. The van der Waals surface area contributed by atoms with Gasteiger partial charge in [-0.15, -0.1) is 22.7 Å². The number of hydrogen-bond donors (Lipinski definition) is 2. The molecule has 0 aromatic carbocycles. The molecule has 104 valence electrons. The van der Waals surface area contributed by atoms with Gasteiger partial charge in [-0.05, 0) is 17.5 Å². The average Bonchev–Trinajstić information content (AvgIpc) is 3.12. The summed E-state index contributed by atoms with van der Waals surface area (Å²) in [7, 11) is 0. The standard InChI is InChI=1S/C12H6ClN5OS2/c13-9-8-10(15-4-14-8)17-12(16-9)18-11(19)7-3-6-5(21-7)1-2-20-6/h1-4H,(H2,14,15,16,17,18,19). The number of nitrogens with one attached hydrogen (secondary N) is 2. The van der Waals surface area contributed by atoms with Crippen molar-refractivity contribution in [3.63, 3.8) is 0 Å². The fraction of sp³-hybridized carbons (Fsp3) is 0. The number of amides is 1. The van der Waals surface area contributed by atoms with Crippen LogP contribution in [0.25, 0.3) is 20.6 Å². The minimum atomic E-state index is -0.255. The number of aromatic amines is 1. The second kappa shape index (κ2) is 4.76. The number of anilines is 1. The molecule has 0 unspecified atom stereocenters. The van der Waals surface area contributed by atoms with Crippen LogP contribution in [0.1, 0.15) is 9.67 Å². The van der Waals surface area contributed by atoms with Gasteiger partial charge in [-0.1, -0.05) is 11.6 Å². The monoisotopic (exact) mass is 335 g/mol. The maximum Gasteiger partial charge on any atom is 0.268 e. The van der Waals surface area contributed by atoms with Crippen molar-refractivity contribution in [2.45, 2.75) is 0 Å². The third-order valence-electron chi connectivity index (χ3n) is 2.83. The number of carbonyl (C=O) groups excluding carboxylic acids is 1. The van der Waals surface area contributed by atoms with Crippen molar-refractivity contribution in [2.75, 3.05) is 5.32 Å². The molecule has 0 aliphatic rings. The summed E-state index contributed by atoms with van der Waals surface area (Å²) in [5, 5.41) is 4.87. The van der Waals surface area contributed by atoms with Gasteiger partial charge in [-0.25, -0.2) is 4.98 Å². The molecule has 4 rings (SSSR count). The van der Waals surface area contributed by atoms with Gasteiger partial charge in [0.15, 0.2) is 10.8 Å². The molecule has 4 heterocycles. The van der Waals surface area contributed by atoms with Crippen molar-refractivity contribution in [2.24, 2.45) is 0 Å². The molecule has 0 radical (unpaired) electrons. The summed E-state index contributed by atoms with van der Waals surface area (Å²) in [6.07, 6.45) is 1.48. The van der Waals surface area contributed by atoms with Crippen LogP contribution in [0.4, 0.5) is 5.95 Å². The first-order valence-corrected chi connectivity index (χ1v) is 7.93. The topological polar surface area (TPSA) is 83.6 Å². The van der Waals surface area contributed by atoms with Crippen LogP contribution in [0.15, 0.2) is 23.8 Å². The van der Waals surface area contributed by atoms with E-state index in [1.165, 1.54) is 17.7 Å². The maximum atomic E-state index is 12.2. The highest BCUT2D eigenvalue weighted by Gasteiger charge is 2.14. The zero-order valence-electron chi connectivity index (χ0n) is 10.3. The Kier molecular flexibility index (Phi) is 2.88. The number of hydrogen-bond acceptors (Lipinski definition) is 6. The number of thiophene rings is 2. The third kappa shape index (κ3) is 2.17. The summed E-state index contributed by atoms with van der Waals surface area (Å²) in [6.45, 7) is 0. The molecule has 4 aromatic rings. The molecule has 0 aliphatic carbocycles. The van der Waals surface area contributed by atoms with Crippen LogP contribution in [0.3, 0.4) is 0 Å². The minimum Gasteiger partial charge on any atom is -0.341 e. The van der Waals surface area contributed by atoms with E-state index in [2.05, 4.69) is 25.3 Å². The second-order valence-corrected chi connectivity index (χ2v) is 6.54. The van der Waals surface area contributed by atoms with Gasteiger partial charge < -0.3 is 4.98 Å². The minimum absolute atomic E-state index is 0.140. The number of carbonyl (C=O) groups is 1. The van der Waals surface area contributed by atoms with E-state index in [-0.39, 0.29) is 17.0 Å². The maximum absolute atomic E-state index is 12.2. The molecule has 21 heavy (non-hydrogen) atoms. The van der Waals surface area contributed by atoms with Crippen molar-refractivity contribution in [1.29, 1.82) is 0 Å². The van der Waals surface area contributed by atoms with Gasteiger partial charge in [-0.3, -0.25) is 10.1 Å². The van der Waals surface area contributed by atoms with E-state index in [0.717, 1.165) is 9.40 Å². The molecule has 0 atom stereocenters. The quantitative estimate of drug-likeness (QED) is 0.549. The number of fused-ring (bicyclic) bond motifs is 2. The van der Waals surface area contributed by atoms with Gasteiger partial charge in [0, 0.05) is 9.40 Å². The molecule has 0 aliphatic heterocycles. The molecule has 0 bridgehead atoms. The highest BCUT2D eigenvalue weighted by atomic mass is 35.5. The average molecular weight is 336 g/mol. The van der Waals surface area contributed by atoms with E-state index >= 15 is 0 Å². The van der Waals surface area contributed by atoms with E-state index in [4.69, 9.17) is 11.6 Å². The number of aromatic nitrogens is 4. The van der Waals surface area contributed by atoms with Crippen LogP contribution in [0.5, 0.6) is 0 Å². The van der Waals surface area contributed by atoms with Gasteiger partial charge in [0.25, 0.3) is 5.91 Å². The van der Waals surface area contributed by atoms with Crippen molar-refractivity contribution >= 4 is 66.7 Å². The Morgan fingerprint density at radius 2 is 2.24 bits per heavy atom.